The van der Waals surface area contributed by atoms with Crippen molar-refractivity contribution in [3.8, 4) is 0 Å². The number of nitrogens with zero attached hydrogens (tertiary/aromatic N) is 2. The van der Waals surface area contributed by atoms with Crippen molar-refractivity contribution < 1.29 is 4.74 Å². The highest BCUT2D eigenvalue weighted by molar-refractivity contribution is 7.15. The number of thiazole rings is 1. The average Bonchev–Trinajstić information content (AvgIpc) is 2.65. The molecular weight excluding hydrogens is 232 g/mol. The Kier molecular flexibility index (Phi) is 3.97. The van der Waals surface area contributed by atoms with Crippen LogP contribution in [0.3, 0.4) is 0 Å². The normalized spacial score (nSPS) is 23.2. The van der Waals surface area contributed by atoms with Crippen LogP contribution >= 0.6 is 22.9 Å². The summed E-state index contributed by atoms with van der Waals surface area (Å²) in [4.78, 5) is 7.75. The lowest BCUT2D eigenvalue weighted by atomic mass is 10.2. The number of hydrogen-bond acceptors (Lipinski definition) is 4. The fourth-order valence-corrected chi connectivity index (χ4v) is 2.83. The van der Waals surface area contributed by atoms with Gasteiger partial charge in [0.05, 0.1) is 13.2 Å². The third kappa shape index (κ3) is 2.91. The molecule has 0 saturated carbocycles. The molecule has 1 atom stereocenters. The fraction of sp³-hybridized carbons (Fsp3) is 0.700. The molecule has 0 bridgehead atoms. The second kappa shape index (κ2) is 5.25. The summed E-state index contributed by atoms with van der Waals surface area (Å²) in [5, 5.41) is 0. The lowest BCUT2D eigenvalue weighted by Crippen LogP contribution is -2.44. The number of ether oxygens (including phenoxy) is 1. The largest absolute Gasteiger partial charge is 0.378 e. The van der Waals surface area contributed by atoms with Gasteiger partial charge in [0.1, 0.15) is 0 Å². The minimum atomic E-state index is 0.541. The van der Waals surface area contributed by atoms with E-state index in [1.807, 2.05) is 6.20 Å². The minimum Gasteiger partial charge on any atom is -0.378 e. The van der Waals surface area contributed by atoms with E-state index in [1.54, 1.807) is 11.3 Å². The average molecular weight is 247 g/mol. The van der Waals surface area contributed by atoms with E-state index < -0.39 is 0 Å². The summed E-state index contributed by atoms with van der Waals surface area (Å²) in [5.74, 6) is 0. The molecule has 1 aromatic rings. The molecule has 84 valence electrons. The summed E-state index contributed by atoms with van der Waals surface area (Å²) < 4.78 is 6.10. The summed E-state index contributed by atoms with van der Waals surface area (Å²) in [6.45, 7) is 5.85. The first kappa shape index (κ1) is 11.3. The lowest BCUT2D eigenvalue weighted by molar-refractivity contribution is -0.0123. The number of hydrogen-bond donors (Lipinski definition) is 0. The molecule has 1 unspecified atom stereocenters. The van der Waals surface area contributed by atoms with Gasteiger partial charge < -0.3 is 4.74 Å². The van der Waals surface area contributed by atoms with Gasteiger partial charge in [-0.2, -0.15) is 0 Å². The zero-order valence-electron chi connectivity index (χ0n) is 8.78. The van der Waals surface area contributed by atoms with Gasteiger partial charge in [0.25, 0.3) is 0 Å². The quantitative estimate of drug-likeness (QED) is 0.819. The predicted molar refractivity (Wildman–Crippen MR) is 62.4 cm³/mol. The van der Waals surface area contributed by atoms with Crippen molar-refractivity contribution in [3.05, 3.63) is 15.5 Å². The molecule has 0 N–H and O–H groups in total. The molecule has 1 aliphatic rings. The Morgan fingerprint density at radius 1 is 1.73 bits per heavy atom. The summed E-state index contributed by atoms with van der Waals surface area (Å²) in [7, 11) is 0. The SMILES string of the molecule is CCC1COCCN1Cc1cnc(Cl)s1. The number of aromatic nitrogens is 1. The Morgan fingerprint density at radius 2 is 2.60 bits per heavy atom. The smallest absolute Gasteiger partial charge is 0.183 e. The highest BCUT2D eigenvalue weighted by Gasteiger charge is 2.21. The van der Waals surface area contributed by atoms with E-state index in [0.717, 1.165) is 32.7 Å². The highest BCUT2D eigenvalue weighted by Crippen LogP contribution is 2.21. The van der Waals surface area contributed by atoms with Gasteiger partial charge in [-0.1, -0.05) is 18.5 Å². The first-order valence-corrected chi connectivity index (χ1v) is 6.41. The first-order chi connectivity index (χ1) is 7.29. The molecule has 0 aromatic carbocycles. The van der Waals surface area contributed by atoms with Gasteiger partial charge in [0, 0.05) is 30.2 Å². The van der Waals surface area contributed by atoms with E-state index in [0.29, 0.717) is 10.5 Å². The molecule has 1 fully saturated rings. The van der Waals surface area contributed by atoms with E-state index >= 15 is 0 Å². The van der Waals surface area contributed by atoms with Crippen LogP contribution < -0.4 is 0 Å². The molecule has 0 aliphatic carbocycles. The Labute approximate surface area is 99.0 Å². The van der Waals surface area contributed by atoms with Crippen molar-refractivity contribution in [2.24, 2.45) is 0 Å². The van der Waals surface area contributed by atoms with Gasteiger partial charge in [-0.3, -0.25) is 4.90 Å². The van der Waals surface area contributed by atoms with Crippen molar-refractivity contribution in [1.82, 2.24) is 9.88 Å². The molecule has 1 aliphatic heterocycles. The van der Waals surface area contributed by atoms with Crippen LogP contribution in [0.4, 0.5) is 0 Å². The van der Waals surface area contributed by atoms with Gasteiger partial charge in [0.2, 0.25) is 0 Å². The summed E-state index contributed by atoms with van der Waals surface area (Å²) in [6, 6.07) is 0.541. The second-order valence-corrected chi connectivity index (χ2v) is 5.38. The maximum atomic E-state index is 5.81. The molecule has 5 heteroatoms. The van der Waals surface area contributed by atoms with Crippen molar-refractivity contribution in [2.45, 2.75) is 25.9 Å². The van der Waals surface area contributed by atoms with Crippen LogP contribution in [0.1, 0.15) is 18.2 Å². The number of morpholine rings is 1. The monoisotopic (exact) mass is 246 g/mol. The molecular formula is C10H15ClN2OS. The van der Waals surface area contributed by atoms with Crippen LogP contribution in [0.25, 0.3) is 0 Å². The number of halogens is 1. The lowest BCUT2D eigenvalue weighted by Gasteiger charge is -2.34. The highest BCUT2D eigenvalue weighted by atomic mass is 35.5. The topological polar surface area (TPSA) is 25.4 Å². The molecule has 0 radical (unpaired) electrons. The standard InChI is InChI=1S/C10H15ClN2OS/c1-2-8-7-14-4-3-13(8)6-9-5-12-10(11)15-9/h5,8H,2-4,6-7H2,1H3. The summed E-state index contributed by atoms with van der Waals surface area (Å²) in [5.41, 5.74) is 0. The van der Waals surface area contributed by atoms with Gasteiger partial charge in [0.15, 0.2) is 4.47 Å². The Balaban J connectivity index is 1.97. The van der Waals surface area contributed by atoms with Crippen LogP contribution in [0.2, 0.25) is 4.47 Å². The predicted octanol–water partition coefficient (Wildman–Crippen LogP) is 2.41. The molecule has 0 amide bonds. The van der Waals surface area contributed by atoms with E-state index in [-0.39, 0.29) is 0 Å². The summed E-state index contributed by atoms with van der Waals surface area (Å²) in [6.07, 6.45) is 3.00. The van der Waals surface area contributed by atoms with Crippen LogP contribution in [0.15, 0.2) is 6.20 Å². The van der Waals surface area contributed by atoms with Crippen LogP contribution in [0.5, 0.6) is 0 Å². The van der Waals surface area contributed by atoms with Crippen LogP contribution in [-0.4, -0.2) is 35.7 Å². The summed E-state index contributed by atoms with van der Waals surface area (Å²) >= 11 is 7.38. The van der Waals surface area contributed by atoms with E-state index in [1.165, 1.54) is 4.88 Å². The zero-order chi connectivity index (χ0) is 10.7. The number of rotatable bonds is 3. The Bertz CT molecular complexity index is 318. The molecule has 1 aromatic heterocycles. The van der Waals surface area contributed by atoms with Gasteiger partial charge in [-0.25, -0.2) is 4.98 Å². The van der Waals surface area contributed by atoms with E-state index in [4.69, 9.17) is 16.3 Å². The molecule has 0 spiro atoms. The third-order valence-corrected chi connectivity index (χ3v) is 3.80. The first-order valence-electron chi connectivity index (χ1n) is 5.21. The van der Waals surface area contributed by atoms with Gasteiger partial charge >= 0.3 is 0 Å². The van der Waals surface area contributed by atoms with Crippen molar-refractivity contribution >= 4 is 22.9 Å². The zero-order valence-corrected chi connectivity index (χ0v) is 10.4. The molecule has 2 rings (SSSR count). The van der Waals surface area contributed by atoms with Gasteiger partial charge in [-0.05, 0) is 6.42 Å². The Morgan fingerprint density at radius 3 is 3.27 bits per heavy atom. The maximum Gasteiger partial charge on any atom is 0.183 e. The molecule has 2 heterocycles. The molecule has 1 saturated heterocycles. The fourth-order valence-electron chi connectivity index (χ4n) is 1.83. The van der Waals surface area contributed by atoms with E-state index in [9.17, 15) is 0 Å². The minimum absolute atomic E-state index is 0.541. The van der Waals surface area contributed by atoms with Crippen LogP contribution in [-0.2, 0) is 11.3 Å². The molecule has 3 nitrogen and oxygen atoms in total. The van der Waals surface area contributed by atoms with Gasteiger partial charge in [-0.15, -0.1) is 11.3 Å². The molecule has 15 heavy (non-hydrogen) atoms. The third-order valence-electron chi connectivity index (χ3n) is 2.71. The Hall–Kier alpha value is -0.160. The van der Waals surface area contributed by atoms with Crippen molar-refractivity contribution in [2.75, 3.05) is 19.8 Å². The van der Waals surface area contributed by atoms with Crippen molar-refractivity contribution in [3.63, 3.8) is 0 Å². The maximum absolute atomic E-state index is 5.81. The van der Waals surface area contributed by atoms with Crippen LogP contribution in [0, 0.1) is 0 Å². The van der Waals surface area contributed by atoms with Crippen molar-refractivity contribution in [1.29, 1.82) is 0 Å². The van der Waals surface area contributed by atoms with E-state index in [2.05, 4.69) is 16.8 Å². The second-order valence-electron chi connectivity index (χ2n) is 3.69.